The minimum atomic E-state index is -0.826. The molecule has 0 aliphatic carbocycles. The molecule has 6 aromatic carbocycles. The number of fused-ring (bicyclic) bond motifs is 4. The second-order valence-corrected chi connectivity index (χ2v) is 16.3. The molecule has 0 bridgehead atoms. The summed E-state index contributed by atoms with van der Waals surface area (Å²) in [4.78, 5) is 0. The van der Waals surface area contributed by atoms with Crippen LogP contribution < -0.4 is 10.4 Å². The van der Waals surface area contributed by atoms with E-state index < -0.39 is 20.8 Å². The Bertz CT molecular complexity index is 1760. The van der Waals surface area contributed by atoms with Gasteiger partial charge in [0.15, 0.2) is 0 Å². The summed E-state index contributed by atoms with van der Waals surface area (Å²) in [5, 5.41) is 5.52. The summed E-state index contributed by atoms with van der Waals surface area (Å²) < 4.78 is 0. The summed E-state index contributed by atoms with van der Waals surface area (Å²) in [5.74, 6) is 0.986. The molecule has 6 aromatic rings. The van der Waals surface area contributed by atoms with Gasteiger partial charge < -0.3 is 0 Å². The molecule has 0 aromatic heterocycles. The molecule has 0 unspecified atom stereocenters. The quantitative estimate of drug-likeness (QED) is 0.127. The number of benzene rings is 5. The van der Waals surface area contributed by atoms with E-state index in [1.54, 1.807) is 0 Å². The molecule has 1 aliphatic rings. The van der Waals surface area contributed by atoms with Crippen LogP contribution in [-0.4, -0.2) is 9.52 Å². The van der Waals surface area contributed by atoms with Gasteiger partial charge in [-0.1, -0.05) is 135 Å². The van der Waals surface area contributed by atoms with E-state index in [2.05, 4.69) is 149 Å². The van der Waals surface area contributed by atoms with Gasteiger partial charge in [-0.2, -0.15) is 29.5 Å². The van der Waals surface area contributed by atoms with Gasteiger partial charge in [-0.05, 0) is 28.5 Å². The Morgan fingerprint density at radius 3 is 2.02 bits per heavy atom. The van der Waals surface area contributed by atoms with E-state index in [0.29, 0.717) is 11.8 Å². The Balaban J connectivity index is 0.000000190. The molecule has 43 heavy (non-hydrogen) atoms. The number of rotatable bonds is 4. The SMILES string of the molecule is CC(C)c1ccccc1-c1c(C(C)C)ccc2[cH-]c(-c3ccccc3)cc12.[Cl][Zr+2][Cl].[c-]1cccc2c1[Si]c1ccccc1-2. The smallest absolute Gasteiger partial charge is 0.0920 e. The molecule has 0 nitrogen and oxygen atoms in total. The molecule has 0 spiro atoms. The van der Waals surface area contributed by atoms with Crippen LogP contribution in [0.3, 0.4) is 0 Å². The number of hydrogen-bond donors (Lipinski definition) is 0. The van der Waals surface area contributed by atoms with Crippen molar-refractivity contribution in [1.82, 2.24) is 0 Å². The largest absolute Gasteiger partial charge is 0.184 e. The predicted octanol–water partition coefficient (Wildman–Crippen LogP) is 10.6. The first-order chi connectivity index (χ1) is 20.9. The van der Waals surface area contributed by atoms with Gasteiger partial charge in [-0.25, -0.2) is 0 Å². The van der Waals surface area contributed by atoms with Crippen LogP contribution in [0.5, 0.6) is 0 Å². The summed E-state index contributed by atoms with van der Waals surface area (Å²) in [6.45, 7) is 9.16. The Hall–Kier alpha value is -2.61. The van der Waals surface area contributed by atoms with Crippen LogP contribution in [0.25, 0.3) is 44.2 Å². The molecule has 0 fully saturated rings. The molecule has 1 heterocycles. The van der Waals surface area contributed by atoms with Crippen LogP contribution in [0, 0.1) is 6.07 Å². The van der Waals surface area contributed by atoms with Crippen molar-refractivity contribution in [2.24, 2.45) is 0 Å². The zero-order valence-corrected chi connectivity index (χ0v) is 29.9. The molecule has 0 N–H and O–H groups in total. The third-order valence-corrected chi connectivity index (χ3v) is 9.21. The number of hydrogen-bond acceptors (Lipinski definition) is 0. The van der Waals surface area contributed by atoms with Crippen molar-refractivity contribution in [2.75, 3.05) is 0 Å². The van der Waals surface area contributed by atoms with Crippen molar-refractivity contribution in [3.8, 4) is 33.4 Å². The molecule has 212 valence electrons. The Labute approximate surface area is 278 Å². The van der Waals surface area contributed by atoms with Gasteiger partial charge in [0.2, 0.25) is 0 Å². The molecule has 1 aliphatic heterocycles. The van der Waals surface area contributed by atoms with E-state index in [9.17, 15) is 0 Å². The van der Waals surface area contributed by atoms with E-state index in [0.717, 1.165) is 9.52 Å². The maximum atomic E-state index is 4.93. The maximum Gasteiger partial charge on any atom is 0.0920 e. The van der Waals surface area contributed by atoms with E-state index in [4.69, 9.17) is 17.0 Å². The molecule has 0 atom stereocenters. The van der Waals surface area contributed by atoms with Crippen molar-refractivity contribution in [3.63, 3.8) is 0 Å². The van der Waals surface area contributed by atoms with Crippen LogP contribution in [0.15, 0.2) is 121 Å². The van der Waals surface area contributed by atoms with Crippen molar-refractivity contribution in [1.29, 1.82) is 0 Å². The predicted molar refractivity (Wildman–Crippen MR) is 186 cm³/mol. The second kappa shape index (κ2) is 14.9. The zero-order valence-electron chi connectivity index (χ0n) is 25.0. The summed E-state index contributed by atoms with van der Waals surface area (Å²) in [6.07, 6.45) is 0. The van der Waals surface area contributed by atoms with Gasteiger partial charge in [0, 0.05) is 0 Å². The van der Waals surface area contributed by atoms with Gasteiger partial charge in [-0.15, -0.1) is 40.1 Å². The van der Waals surface area contributed by atoms with Crippen LogP contribution in [0.4, 0.5) is 0 Å². The summed E-state index contributed by atoms with van der Waals surface area (Å²) in [7, 11) is 10.7. The zero-order chi connectivity index (χ0) is 30.3. The van der Waals surface area contributed by atoms with Gasteiger partial charge in [0.25, 0.3) is 0 Å². The van der Waals surface area contributed by atoms with E-state index >= 15 is 0 Å². The van der Waals surface area contributed by atoms with Gasteiger partial charge in [0.05, 0.1) is 9.52 Å². The molecule has 7 rings (SSSR count). The Morgan fingerprint density at radius 2 is 1.30 bits per heavy atom. The third-order valence-electron chi connectivity index (χ3n) is 7.84. The van der Waals surface area contributed by atoms with E-state index in [1.165, 1.54) is 65.7 Å². The summed E-state index contributed by atoms with van der Waals surface area (Å²) in [6, 6.07) is 47.1. The Morgan fingerprint density at radius 1 is 0.674 bits per heavy atom. The second-order valence-electron chi connectivity index (χ2n) is 11.2. The molecular weight excluding hydrogens is 659 g/mol. The van der Waals surface area contributed by atoms with Crippen molar-refractivity contribution in [3.05, 3.63) is 139 Å². The van der Waals surface area contributed by atoms with Crippen LogP contribution >= 0.6 is 17.0 Å². The van der Waals surface area contributed by atoms with E-state index in [1.807, 2.05) is 6.07 Å². The van der Waals surface area contributed by atoms with Crippen molar-refractivity contribution < 1.29 is 20.8 Å². The molecule has 4 heteroatoms. The molecule has 2 radical (unpaired) electrons. The van der Waals surface area contributed by atoms with Gasteiger partial charge in [-0.3, -0.25) is 0 Å². The van der Waals surface area contributed by atoms with Gasteiger partial charge >= 0.3 is 37.9 Å². The standard InChI is InChI=1S/C27H27.C12H7Si.2ClH.Zr/c1-18(2)23-12-8-9-13-25(23)27-24(19(3)4)15-14-21-16-22(17-26(21)27)20-10-6-5-7-11-20;1-3-7-11-9(5-1)10-6-2-4-8-12(10)13-11;;;/h5-19H,1-4H3;1-7H;2*1H;/q2*-1;;;+4/p-2. The Kier molecular flexibility index (Phi) is 11.0. The minimum absolute atomic E-state index is 0.486. The average molecular weight is 693 g/mol. The monoisotopic (exact) mass is 690 g/mol. The fourth-order valence-electron chi connectivity index (χ4n) is 5.83. The van der Waals surface area contributed by atoms with Crippen molar-refractivity contribution in [2.45, 2.75) is 39.5 Å². The van der Waals surface area contributed by atoms with Crippen LogP contribution in [-0.2, 0) is 20.8 Å². The molecular formula is C39H34Cl2SiZr. The fourth-order valence-corrected chi connectivity index (χ4v) is 7.14. The normalized spacial score (nSPS) is 11.3. The number of halogens is 2. The molecule has 0 saturated carbocycles. The van der Waals surface area contributed by atoms with Crippen LogP contribution in [0.2, 0.25) is 0 Å². The van der Waals surface area contributed by atoms with E-state index in [-0.39, 0.29) is 0 Å². The van der Waals surface area contributed by atoms with Crippen molar-refractivity contribution >= 4 is 47.7 Å². The van der Waals surface area contributed by atoms with Crippen LogP contribution in [0.1, 0.15) is 50.7 Å². The summed E-state index contributed by atoms with van der Waals surface area (Å²) >= 11 is -0.826. The average Bonchev–Trinajstić information content (AvgIpc) is 3.64. The maximum absolute atomic E-state index is 4.93. The minimum Gasteiger partial charge on any atom is -0.184 e. The third kappa shape index (κ3) is 7.21. The first-order valence-corrected chi connectivity index (χ1v) is 22.0. The molecule has 0 amide bonds. The topological polar surface area (TPSA) is 0 Å². The fraction of sp³-hybridized carbons (Fsp3) is 0.154. The first-order valence-electron chi connectivity index (χ1n) is 14.6. The first kappa shape index (κ1) is 31.8. The molecule has 0 saturated heterocycles. The summed E-state index contributed by atoms with van der Waals surface area (Å²) in [5.41, 5.74) is 11.0. The van der Waals surface area contributed by atoms with Gasteiger partial charge in [0.1, 0.15) is 0 Å².